The van der Waals surface area contributed by atoms with Crippen molar-refractivity contribution in [2.24, 2.45) is 0 Å². The van der Waals surface area contributed by atoms with Crippen LogP contribution in [-0.2, 0) is 6.54 Å². The van der Waals surface area contributed by atoms with Gasteiger partial charge < -0.3 is 5.32 Å². The van der Waals surface area contributed by atoms with Gasteiger partial charge >= 0.3 is 0 Å². The van der Waals surface area contributed by atoms with E-state index in [0.29, 0.717) is 0 Å². The van der Waals surface area contributed by atoms with Gasteiger partial charge in [0.25, 0.3) is 0 Å². The summed E-state index contributed by atoms with van der Waals surface area (Å²) < 4.78 is 12.8. The van der Waals surface area contributed by atoms with Crippen molar-refractivity contribution in [3.63, 3.8) is 0 Å². The van der Waals surface area contributed by atoms with Gasteiger partial charge in [0, 0.05) is 12.2 Å². The van der Waals surface area contributed by atoms with Crippen LogP contribution in [0.4, 0.5) is 10.1 Å². The maximum Gasteiger partial charge on any atom is 0.123 e. The molecular formula is C16H20FNSi. The van der Waals surface area contributed by atoms with E-state index in [0.717, 1.165) is 12.2 Å². The number of rotatable bonds is 4. The minimum atomic E-state index is -1.21. The van der Waals surface area contributed by atoms with Crippen LogP contribution in [0.25, 0.3) is 0 Å². The average Bonchev–Trinajstić information content (AvgIpc) is 2.37. The van der Waals surface area contributed by atoms with Gasteiger partial charge in [-0.25, -0.2) is 4.39 Å². The van der Waals surface area contributed by atoms with Crippen molar-refractivity contribution in [3.8, 4) is 0 Å². The molecule has 100 valence electrons. The molecule has 0 aliphatic heterocycles. The molecule has 0 aliphatic rings. The van der Waals surface area contributed by atoms with Crippen LogP contribution in [0.5, 0.6) is 0 Å². The number of anilines is 1. The first-order valence-corrected chi connectivity index (χ1v) is 10.0. The lowest BCUT2D eigenvalue weighted by atomic mass is 10.2. The number of benzene rings is 2. The SMILES string of the molecule is C[Si](C)(C)c1ccc(CNc2ccc(F)cc2)cc1. The minimum absolute atomic E-state index is 0.204. The molecular weight excluding hydrogens is 253 g/mol. The van der Waals surface area contributed by atoms with E-state index in [9.17, 15) is 4.39 Å². The van der Waals surface area contributed by atoms with Gasteiger partial charge in [-0.3, -0.25) is 0 Å². The molecule has 3 heteroatoms. The number of hydrogen-bond donors (Lipinski definition) is 1. The second kappa shape index (κ2) is 5.57. The first-order chi connectivity index (χ1) is 8.95. The van der Waals surface area contributed by atoms with Crippen molar-refractivity contribution in [1.29, 1.82) is 0 Å². The third kappa shape index (κ3) is 3.93. The monoisotopic (exact) mass is 273 g/mol. The Hall–Kier alpha value is -1.61. The van der Waals surface area contributed by atoms with Crippen molar-refractivity contribution in [2.45, 2.75) is 26.2 Å². The predicted octanol–water partition coefficient (Wildman–Crippen LogP) is 3.98. The van der Waals surface area contributed by atoms with E-state index in [1.807, 2.05) is 0 Å². The molecule has 0 aliphatic carbocycles. The summed E-state index contributed by atoms with van der Waals surface area (Å²) in [6.07, 6.45) is 0. The maximum atomic E-state index is 12.8. The highest BCUT2D eigenvalue weighted by Crippen LogP contribution is 2.10. The van der Waals surface area contributed by atoms with E-state index in [-0.39, 0.29) is 5.82 Å². The van der Waals surface area contributed by atoms with Crippen LogP contribution < -0.4 is 10.5 Å². The molecule has 0 heterocycles. The van der Waals surface area contributed by atoms with E-state index in [1.54, 1.807) is 12.1 Å². The summed E-state index contributed by atoms with van der Waals surface area (Å²) in [5.74, 6) is -0.204. The van der Waals surface area contributed by atoms with Crippen LogP contribution in [0.15, 0.2) is 48.5 Å². The molecule has 0 spiro atoms. The Kier molecular flexibility index (Phi) is 4.05. The minimum Gasteiger partial charge on any atom is -0.381 e. The number of halogens is 1. The van der Waals surface area contributed by atoms with Gasteiger partial charge in [-0.15, -0.1) is 0 Å². The molecule has 0 aromatic heterocycles. The van der Waals surface area contributed by atoms with E-state index in [4.69, 9.17) is 0 Å². The summed E-state index contributed by atoms with van der Waals surface area (Å²) in [4.78, 5) is 0. The van der Waals surface area contributed by atoms with Gasteiger partial charge in [-0.2, -0.15) is 0 Å². The van der Waals surface area contributed by atoms with Crippen LogP contribution in [0.2, 0.25) is 19.6 Å². The zero-order valence-electron chi connectivity index (χ0n) is 11.7. The molecule has 1 nitrogen and oxygen atoms in total. The Morgan fingerprint density at radius 1 is 0.895 bits per heavy atom. The fraction of sp³-hybridized carbons (Fsp3) is 0.250. The fourth-order valence-corrected chi connectivity index (χ4v) is 3.06. The molecule has 0 saturated heterocycles. The Morgan fingerprint density at radius 2 is 1.47 bits per heavy atom. The van der Waals surface area contributed by atoms with Gasteiger partial charge in [0.2, 0.25) is 0 Å². The van der Waals surface area contributed by atoms with E-state index in [1.165, 1.54) is 22.9 Å². The molecule has 0 radical (unpaired) electrons. The zero-order chi connectivity index (χ0) is 13.9. The summed E-state index contributed by atoms with van der Waals surface area (Å²) in [5.41, 5.74) is 2.18. The second-order valence-electron chi connectivity index (χ2n) is 5.81. The van der Waals surface area contributed by atoms with Gasteiger partial charge in [-0.1, -0.05) is 49.1 Å². The maximum absolute atomic E-state index is 12.8. The molecule has 0 saturated carbocycles. The highest BCUT2D eigenvalue weighted by Gasteiger charge is 2.15. The van der Waals surface area contributed by atoms with Crippen molar-refractivity contribution < 1.29 is 4.39 Å². The van der Waals surface area contributed by atoms with Gasteiger partial charge in [0.15, 0.2) is 0 Å². The van der Waals surface area contributed by atoms with Crippen LogP contribution in [0.1, 0.15) is 5.56 Å². The Bertz CT molecular complexity index is 526. The largest absolute Gasteiger partial charge is 0.381 e. The molecule has 19 heavy (non-hydrogen) atoms. The fourth-order valence-electron chi connectivity index (χ4n) is 1.89. The molecule has 2 rings (SSSR count). The molecule has 0 atom stereocenters. The smallest absolute Gasteiger partial charge is 0.123 e. The predicted molar refractivity (Wildman–Crippen MR) is 83.1 cm³/mol. The lowest BCUT2D eigenvalue weighted by Gasteiger charge is -2.17. The molecule has 2 aromatic carbocycles. The summed E-state index contributed by atoms with van der Waals surface area (Å²) in [7, 11) is -1.21. The third-order valence-corrected chi connectivity index (χ3v) is 5.23. The van der Waals surface area contributed by atoms with Crippen LogP contribution in [-0.4, -0.2) is 8.07 Å². The van der Waals surface area contributed by atoms with E-state index in [2.05, 4.69) is 49.2 Å². The standard InChI is InChI=1S/C16H20FNSi/c1-19(2,3)16-10-4-13(5-11-16)12-18-15-8-6-14(17)7-9-15/h4-11,18H,12H2,1-3H3. The molecule has 1 N–H and O–H groups in total. The molecule has 0 fully saturated rings. The quantitative estimate of drug-likeness (QED) is 0.831. The highest BCUT2D eigenvalue weighted by atomic mass is 28.3. The Balaban J connectivity index is 1.98. The summed E-state index contributed by atoms with van der Waals surface area (Å²) in [6.45, 7) is 7.80. The van der Waals surface area contributed by atoms with Crippen LogP contribution >= 0.6 is 0 Å². The normalized spacial score (nSPS) is 11.4. The average molecular weight is 273 g/mol. The van der Waals surface area contributed by atoms with E-state index >= 15 is 0 Å². The topological polar surface area (TPSA) is 12.0 Å². The van der Waals surface area contributed by atoms with Crippen molar-refractivity contribution >= 4 is 18.9 Å². The summed E-state index contributed by atoms with van der Waals surface area (Å²) in [6, 6.07) is 15.3. The molecule has 0 amide bonds. The van der Waals surface area contributed by atoms with Gasteiger partial charge in [0.1, 0.15) is 5.82 Å². The van der Waals surface area contributed by atoms with Crippen molar-refractivity contribution in [2.75, 3.05) is 5.32 Å². The zero-order valence-corrected chi connectivity index (χ0v) is 12.7. The van der Waals surface area contributed by atoms with Crippen LogP contribution in [0, 0.1) is 5.82 Å². The number of nitrogens with one attached hydrogen (secondary N) is 1. The molecule has 0 bridgehead atoms. The van der Waals surface area contributed by atoms with Crippen LogP contribution in [0.3, 0.4) is 0 Å². The van der Waals surface area contributed by atoms with Crippen molar-refractivity contribution in [3.05, 3.63) is 59.9 Å². The van der Waals surface area contributed by atoms with Gasteiger partial charge in [0.05, 0.1) is 8.07 Å². The highest BCUT2D eigenvalue weighted by molar-refractivity contribution is 6.88. The number of hydrogen-bond acceptors (Lipinski definition) is 1. The first-order valence-electron chi connectivity index (χ1n) is 6.54. The summed E-state index contributed by atoms with van der Waals surface area (Å²) in [5, 5.41) is 4.76. The summed E-state index contributed by atoms with van der Waals surface area (Å²) >= 11 is 0. The third-order valence-electron chi connectivity index (χ3n) is 3.16. The van der Waals surface area contributed by atoms with Gasteiger partial charge in [-0.05, 0) is 29.8 Å². The van der Waals surface area contributed by atoms with E-state index < -0.39 is 8.07 Å². The first kappa shape index (κ1) is 13.8. The Morgan fingerprint density at radius 3 is 2.00 bits per heavy atom. The lowest BCUT2D eigenvalue weighted by Crippen LogP contribution is -2.37. The van der Waals surface area contributed by atoms with Crippen molar-refractivity contribution in [1.82, 2.24) is 0 Å². The lowest BCUT2D eigenvalue weighted by molar-refractivity contribution is 0.628. The Labute approximate surface area is 115 Å². The second-order valence-corrected chi connectivity index (χ2v) is 10.9. The molecule has 2 aromatic rings. The molecule has 0 unspecified atom stereocenters.